The van der Waals surface area contributed by atoms with Crippen LogP contribution in [-0.4, -0.2) is 37.2 Å². The third-order valence-corrected chi connectivity index (χ3v) is 8.58. The summed E-state index contributed by atoms with van der Waals surface area (Å²) in [5.41, 5.74) is 0. The molecule has 0 aliphatic carbocycles. The molecule has 260 valence electrons. The molecule has 0 N–H and O–H groups in total. The van der Waals surface area contributed by atoms with Gasteiger partial charge in [-0.1, -0.05) is 157 Å². The zero-order chi connectivity index (χ0) is 32.7. The van der Waals surface area contributed by atoms with E-state index in [2.05, 4.69) is 34.6 Å². The van der Waals surface area contributed by atoms with Gasteiger partial charge in [-0.3, -0.25) is 14.4 Å². The van der Waals surface area contributed by atoms with E-state index in [1.54, 1.807) is 0 Å². The number of hydrogen-bond acceptors (Lipinski definition) is 6. The standard InChI is InChI=1S/C38H72O6/c1-6-8-9-16-23-28-36(39)42-31-35(32-43-37(40)29-24-19-15-14-17-21-26-33(3)4)44-38(41)30-25-20-13-11-10-12-18-22-27-34(5)7-2/h33-35H,6-32H2,1-5H3/t34?,35-/m0/s1. The average Bonchev–Trinajstić information content (AvgIpc) is 3.00. The van der Waals surface area contributed by atoms with Gasteiger partial charge in [0.25, 0.3) is 0 Å². The van der Waals surface area contributed by atoms with Gasteiger partial charge in [-0.15, -0.1) is 0 Å². The highest BCUT2D eigenvalue weighted by Crippen LogP contribution is 2.16. The molecule has 0 spiro atoms. The Hall–Kier alpha value is -1.59. The smallest absolute Gasteiger partial charge is 0.306 e. The van der Waals surface area contributed by atoms with E-state index in [0.717, 1.165) is 76.0 Å². The molecular weight excluding hydrogens is 552 g/mol. The van der Waals surface area contributed by atoms with Crippen LogP contribution >= 0.6 is 0 Å². The van der Waals surface area contributed by atoms with Crippen molar-refractivity contribution in [1.82, 2.24) is 0 Å². The Balaban J connectivity index is 4.31. The monoisotopic (exact) mass is 625 g/mol. The summed E-state index contributed by atoms with van der Waals surface area (Å²) in [7, 11) is 0. The third kappa shape index (κ3) is 30.4. The first kappa shape index (κ1) is 42.4. The van der Waals surface area contributed by atoms with Gasteiger partial charge in [-0.05, 0) is 31.1 Å². The zero-order valence-corrected chi connectivity index (χ0v) is 29.8. The normalized spacial score (nSPS) is 12.7. The van der Waals surface area contributed by atoms with Gasteiger partial charge < -0.3 is 14.2 Å². The Bertz CT molecular complexity index is 676. The van der Waals surface area contributed by atoms with Crippen LogP contribution in [0.2, 0.25) is 0 Å². The summed E-state index contributed by atoms with van der Waals surface area (Å²) in [5.74, 6) is 0.720. The second-order valence-electron chi connectivity index (χ2n) is 13.6. The van der Waals surface area contributed by atoms with Crippen molar-refractivity contribution in [3.63, 3.8) is 0 Å². The minimum atomic E-state index is -0.758. The lowest BCUT2D eigenvalue weighted by molar-refractivity contribution is -0.167. The lowest BCUT2D eigenvalue weighted by atomic mass is 9.99. The van der Waals surface area contributed by atoms with E-state index in [-0.39, 0.29) is 31.1 Å². The minimum Gasteiger partial charge on any atom is -0.462 e. The molecule has 0 amide bonds. The van der Waals surface area contributed by atoms with Gasteiger partial charge in [0.15, 0.2) is 6.10 Å². The SMILES string of the molecule is CCCCCCCC(=O)OC[C@@H](COC(=O)CCCCCCCCC(C)C)OC(=O)CCCCCCCCCCC(C)CC. The summed E-state index contributed by atoms with van der Waals surface area (Å²) in [6.45, 7) is 11.1. The maximum Gasteiger partial charge on any atom is 0.306 e. The third-order valence-electron chi connectivity index (χ3n) is 8.58. The predicted molar refractivity (Wildman–Crippen MR) is 183 cm³/mol. The molecule has 6 nitrogen and oxygen atoms in total. The van der Waals surface area contributed by atoms with E-state index in [1.165, 1.54) is 77.0 Å². The van der Waals surface area contributed by atoms with Gasteiger partial charge in [0, 0.05) is 19.3 Å². The quantitative estimate of drug-likeness (QED) is 0.0421. The molecule has 1 unspecified atom stereocenters. The first-order chi connectivity index (χ1) is 21.3. The van der Waals surface area contributed by atoms with Crippen LogP contribution in [0.3, 0.4) is 0 Å². The molecule has 0 saturated heterocycles. The summed E-state index contributed by atoms with van der Waals surface area (Å²) in [6.07, 6.45) is 25.5. The molecule has 0 rings (SSSR count). The van der Waals surface area contributed by atoms with E-state index >= 15 is 0 Å². The van der Waals surface area contributed by atoms with Crippen LogP contribution in [0, 0.1) is 11.8 Å². The van der Waals surface area contributed by atoms with Crippen molar-refractivity contribution in [3.05, 3.63) is 0 Å². The number of carbonyl (C=O) groups is 3. The Morgan fingerprint density at radius 1 is 0.477 bits per heavy atom. The second-order valence-corrected chi connectivity index (χ2v) is 13.6. The van der Waals surface area contributed by atoms with E-state index in [4.69, 9.17) is 14.2 Å². The Morgan fingerprint density at radius 3 is 1.30 bits per heavy atom. The van der Waals surface area contributed by atoms with Crippen LogP contribution in [0.4, 0.5) is 0 Å². The van der Waals surface area contributed by atoms with E-state index < -0.39 is 6.10 Å². The predicted octanol–water partition coefficient (Wildman–Crippen LogP) is 11.1. The van der Waals surface area contributed by atoms with Crippen LogP contribution < -0.4 is 0 Å². The summed E-state index contributed by atoms with van der Waals surface area (Å²) in [5, 5.41) is 0. The number of unbranched alkanes of at least 4 members (excludes halogenated alkanes) is 16. The van der Waals surface area contributed by atoms with E-state index in [0.29, 0.717) is 19.3 Å². The van der Waals surface area contributed by atoms with Crippen molar-refractivity contribution < 1.29 is 28.6 Å². The van der Waals surface area contributed by atoms with Crippen molar-refractivity contribution in [2.75, 3.05) is 13.2 Å². The van der Waals surface area contributed by atoms with Crippen molar-refractivity contribution >= 4 is 17.9 Å². The number of ether oxygens (including phenoxy) is 3. The Labute approximate surface area is 272 Å². The lowest BCUT2D eigenvalue weighted by Gasteiger charge is -2.18. The maximum atomic E-state index is 12.6. The number of esters is 3. The lowest BCUT2D eigenvalue weighted by Crippen LogP contribution is -2.30. The number of hydrogen-bond donors (Lipinski definition) is 0. The number of carbonyl (C=O) groups excluding carboxylic acids is 3. The molecule has 2 atom stereocenters. The fraction of sp³-hybridized carbons (Fsp3) is 0.921. The van der Waals surface area contributed by atoms with Crippen molar-refractivity contribution in [1.29, 1.82) is 0 Å². The van der Waals surface area contributed by atoms with Gasteiger partial charge in [0.2, 0.25) is 0 Å². The van der Waals surface area contributed by atoms with Crippen molar-refractivity contribution in [3.8, 4) is 0 Å². The van der Waals surface area contributed by atoms with Crippen LogP contribution in [-0.2, 0) is 28.6 Å². The molecular formula is C38H72O6. The highest BCUT2D eigenvalue weighted by molar-refractivity contribution is 5.71. The van der Waals surface area contributed by atoms with Gasteiger partial charge in [-0.25, -0.2) is 0 Å². The topological polar surface area (TPSA) is 78.9 Å². The summed E-state index contributed by atoms with van der Waals surface area (Å²) >= 11 is 0. The second kappa shape index (κ2) is 31.4. The average molecular weight is 625 g/mol. The minimum absolute atomic E-state index is 0.0689. The summed E-state index contributed by atoms with van der Waals surface area (Å²) < 4.78 is 16.5. The molecule has 0 aromatic rings. The molecule has 0 heterocycles. The molecule has 0 aliphatic rings. The van der Waals surface area contributed by atoms with Crippen LogP contribution in [0.5, 0.6) is 0 Å². The van der Waals surface area contributed by atoms with Gasteiger partial charge in [0.1, 0.15) is 13.2 Å². The van der Waals surface area contributed by atoms with Gasteiger partial charge in [0.05, 0.1) is 0 Å². The van der Waals surface area contributed by atoms with Crippen molar-refractivity contribution in [2.24, 2.45) is 11.8 Å². The van der Waals surface area contributed by atoms with E-state index in [9.17, 15) is 14.4 Å². The Morgan fingerprint density at radius 2 is 0.864 bits per heavy atom. The first-order valence-corrected chi connectivity index (χ1v) is 18.8. The summed E-state index contributed by atoms with van der Waals surface area (Å²) in [4.78, 5) is 37.1. The summed E-state index contributed by atoms with van der Waals surface area (Å²) in [6, 6.07) is 0. The number of rotatable bonds is 32. The fourth-order valence-corrected chi connectivity index (χ4v) is 5.31. The molecule has 0 aromatic carbocycles. The van der Waals surface area contributed by atoms with Gasteiger partial charge >= 0.3 is 17.9 Å². The molecule has 0 radical (unpaired) electrons. The largest absolute Gasteiger partial charge is 0.462 e. The maximum absolute atomic E-state index is 12.6. The highest BCUT2D eigenvalue weighted by atomic mass is 16.6. The zero-order valence-electron chi connectivity index (χ0n) is 29.8. The molecule has 44 heavy (non-hydrogen) atoms. The van der Waals surface area contributed by atoms with Crippen LogP contribution in [0.1, 0.15) is 195 Å². The molecule has 6 heteroatoms. The van der Waals surface area contributed by atoms with Crippen LogP contribution in [0.25, 0.3) is 0 Å². The fourth-order valence-electron chi connectivity index (χ4n) is 5.31. The van der Waals surface area contributed by atoms with Gasteiger partial charge in [-0.2, -0.15) is 0 Å². The Kier molecular flexibility index (Phi) is 30.3. The molecule has 0 fully saturated rings. The first-order valence-electron chi connectivity index (χ1n) is 18.8. The molecule has 0 bridgehead atoms. The molecule has 0 aromatic heterocycles. The highest BCUT2D eigenvalue weighted by Gasteiger charge is 2.19. The molecule has 0 aliphatic heterocycles. The molecule has 0 saturated carbocycles. The van der Waals surface area contributed by atoms with E-state index in [1.807, 2.05) is 0 Å². The van der Waals surface area contributed by atoms with Crippen LogP contribution in [0.15, 0.2) is 0 Å². The van der Waals surface area contributed by atoms with Crippen molar-refractivity contribution in [2.45, 2.75) is 201 Å².